The van der Waals surface area contributed by atoms with Crippen LogP contribution in [0.25, 0.3) is 0 Å². The standard InChI is InChI=1S/C34H49N11O7/c1-19(2)28(18-47)43-31(50)23-9-13-25(14-10-23)45-44-24-11-7-22(8-12-24)16-39-29(48)20(3)41-33(52)27(6-5-15-38-34(36)37)42-30(49)21(4)40-32(51)26(35)17-46/h7-14,18-21,26-28,46H,5-6,15-17,35H2,1-4H3,(H,39,48)(H,40,51)(H,41,52)(H,42,49)(H,43,50)(H4,36,37,38)/t20-,21-,26-,27-,28+/m0/s1. The first-order valence-corrected chi connectivity index (χ1v) is 16.6. The summed E-state index contributed by atoms with van der Waals surface area (Å²) in [6, 6.07) is 8.42. The summed E-state index contributed by atoms with van der Waals surface area (Å²) in [4.78, 5) is 78.2. The summed E-state index contributed by atoms with van der Waals surface area (Å²) in [5, 5.41) is 30.4. The van der Waals surface area contributed by atoms with Crippen LogP contribution in [0.4, 0.5) is 11.4 Å². The Hall–Kier alpha value is -5.75. The number of aldehydes is 1. The topological polar surface area (TPSA) is 298 Å². The number of guanidine groups is 1. The van der Waals surface area contributed by atoms with E-state index < -0.39 is 60.4 Å². The highest BCUT2D eigenvalue weighted by Gasteiger charge is 2.27. The van der Waals surface area contributed by atoms with Crippen LogP contribution >= 0.6 is 0 Å². The summed E-state index contributed by atoms with van der Waals surface area (Å²) in [6.07, 6.45) is 1.14. The van der Waals surface area contributed by atoms with Gasteiger partial charge < -0.3 is 53.7 Å². The van der Waals surface area contributed by atoms with E-state index in [2.05, 4.69) is 41.8 Å². The smallest absolute Gasteiger partial charge is 0.251 e. The van der Waals surface area contributed by atoms with Crippen LogP contribution in [-0.2, 0) is 30.5 Å². The molecule has 2 rings (SSSR count). The maximum absolute atomic E-state index is 13.1. The third-order valence-corrected chi connectivity index (χ3v) is 7.59. The van der Waals surface area contributed by atoms with Crippen LogP contribution in [0.2, 0.25) is 0 Å². The van der Waals surface area contributed by atoms with Crippen molar-refractivity contribution >= 4 is 53.2 Å². The van der Waals surface area contributed by atoms with Crippen molar-refractivity contribution in [1.29, 1.82) is 0 Å². The Labute approximate surface area is 301 Å². The summed E-state index contributed by atoms with van der Waals surface area (Å²) in [5.41, 5.74) is 18.4. The molecule has 0 saturated heterocycles. The summed E-state index contributed by atoms with van der Waals surface area (Å²) < 4.78 is 0. The minimum atomic E-state index is -1.22. The summed E-state index contributed by atoms with van der Waals surface area (Å²) in [5.74, 6) is -3.08. The van der Waals surface area contributed by atoms with Crippen molar-refractivity contribution in [2.45, 2.75) is 77.3 Å². The van der Waals surface area contributed by atoms with Gasteiger partial charge in [0.2, 0.25) is 23.6 Å². The number of nitrogens with zero attached hydrogens (tertiary/aromatic N) is 3. The lowest BCUT2D eigenvalue weighted by molar-refractivity contribution is -0.133. The van der Waals surface area contributed by atoms with Gasteiger partial charge in [-0.15, -0.1) is 0 Å². The van der Waals surface area contributed by atoms with Gasteiger partial charge in [0.15, 0.2) is 5.96 Å². The van der Waals surface area contributed by atoms with Gasteiger partial charge in [-0.25, -0.2) is 0 Å². The first-order chi connectivity index (χ1) is 24.6. The number of hydrogen-bond donors (Lipinski definition) is 9. The Bertz CT molecular complexity index is 1580. The molecule has 2 aromatic carbocycles. The normalized spacial score (nSPS) is 13.9. The SMILES string of the molecule is CC(C)[C@@H](C=O)NC(=O)c1ccc(N=Nc2ccc(CNC(=O)[C@H](C)NC(=O)[C@H](CCCN=C(N)N)NC(=O)[C@H](C)NC(=O)[C@@H](N)CO)cc2)cc1. The minimum absolute atomic E-state index is 0.0344. The van der Waals surface area contributed by atoms with Gasteiger partial charge in [-0.1, -0.05) is 26.0 Å². The zero-order valence-corrected chi connectivity index (χ0v) is 29.7. The highest BCUT2D eigenvalue weighted by molar-refractivity contribution is 5.96. The molecule has 0 aliphatic carbocycles. The lowest BCUT2D eigenvalue weighted by Gasteiger charge is -2.23. The number of rotatable bonds is 20. The van der Waals surface area contributed by atoms with E-state index in [0.717, 1.165) is 5.56 Å². The molecule has 0 aliphatic heterocycles. The lowest BCUT2D eigenvalue weighted by atomic mass is 10.1. The van der Waals surface area contributed by atoms with Crippen molar-refractivity contribution in [3.8, 4) is 0 Å². The highest BCUT2D eigenvalue weighted by atomic mass is 16.3. The Morgan fingerprint density at radius 2 is 1.33 bits per heavy atom. The van der Waals surface area contributed by atoms with Crippen LogP contribution < -0.4 is 43.8 Å². The number of azo groups is 1. The van der Waals surface area contributed by atoms with Gasteiger partial charge in [-0.2, -0.15) is 10.2 Å². The van der Waals surface area contributed by atoms with Gasteiger partial charge in [0, 0.05) is 18.7 Å². The molecule has 2 aromatic rings. The molecule has 0 spiro atoms. The molecule has 5 atom stereocenters. The van der Waals surface area contributed by atoms with Gasteiger partial charge >= 0.3 is 0 Å². The van der Waals surface area contributed by atoms with Crippen molar-refractivity contribution in [2.24, 2.45) is 38.3 Å². The molecule has 0 heterocycles. The molecule has 0 fully saturated rings. The van der Waals surface area contributed by atoms with Crippen molar-refractivity contribution < 1.29 is 33.9 Å². The molecule has 0 bridgehead atoms. The van der Waals surface area contributed by atoms with Gasteiger partial charge in [0.1, 0.15) is 30.5 Å². The molecule has 0 unspecified atom stereocenters. The average molecular weight is 724 g/mol. The van der Waals surface area contributed by atoms with Crippen molar-refractivity contribution in [3.05, 3.63) is 59.7 Å². The van der Waals surface area contributed by atoms with E-state index in [1.807, 2.05) is 13.8 Å². The van der Waals surface area contributed by atoms with Crippen molar-refractivity contribution in [1.82, 2.24) is 26.6 Å². The van der Waals surface area contributed by atoms with Gasteiger partial charge in [0.05, 0.1) is 24.0 Å². The van der Waals surface area contributed by atoms with E-state index in [4.69, 9.17) is 22.3 Å². The van der Waals surface area contributed by atoms with Crippen LogP contribution in [0, 0.1) is 5.92 Å². The van der Waals surface area contributed by atoms with E-state index in [1.54, 1.807) is 48.5 Å². The van der Waals surface area contributed by atoms with E-state index in [1.165, 1.54) is 13.8 Å². The minimum Gasteiger partial charge on any atom is -0.394 e. The van der Waals surface area contributed by atoms with Gasteiger partial charge in [0.25, 0.3) is 5.91 Å². The van der Waals surface area contributed by atoms with Gasteiger partial charge in [-0.05, 0) is 74.6 Å². The molecule has 282 valence electrons. The van der Waals surface area contributed by atoms with E-state index in [0.29, 0.717) is 29.6 Å². The number of carbonyl (C=O) groups excluding carboxylic acids is 6. The molecule has 12 N–H and O–H groups in total. The first-order valence-electron chi connectivity index (χ1n) is 16.6. The van der Waals surface area contributed by atoms with Crippen LogP contribution in [0.1, 0.15) is 56.5 Å². The average Bonchev–Trinajstić information content (AvgIpc) is 3.12. The maximum Gasteiger partial charge on any atom is 0.251 e. The molecule has 18 heteroatoms. The second-order valence-electron chi connectivity index (χ2n) is 12.3. The number of aliphatic hydroxyl groups is 1. The molecular formula is C34H49N11O7. The molecule has 0 radical (unpaired) electrons. The molecule has 0 saturated carbocycles. The number of aliphatic imine (C=N–C) groups is 1. The van der Waals surface area contributed by atoms with Gasteiger partial charge in [-0.3, -0.25) is 29.0 Å². The predicted molar refractivity (Wildman–Crippen MR) is 193 cm³/mol. The molecule has 5 amide bonds. The van der Waals surface area contributed by atoms with Crippen LogP contribution in [-0.4, -0.2) is 90.2 Å². The summed E-state index contributed by atoms with van der Waals surface area (Å²) in [7, 11) is 0. The Morgan fingerprint density at radius 1 is 0.769 bits per heavy atom. The molecular weight excluding hydrogens is 674 g/mol. The first kappa shape index (κ1) is 42.4. The Morgan fingerprint density at radius 3 is 1.87 bits per heavy atom. The zero-order valence-electron chi connectivity index (χ0n) is 29.7. The quantitative estimate of drug-likeness (QED) is 0.0278. The third-order valence-electron chi connectivity index (χ3n) is 7.59. The van der Waals surface area contributed by atoms with Crippen LogP contribution in [0.5, 0.6) is 0 Å². The fourth-order valence-corrected chi connectivity index (χ4v) is 4.33. The van der Waals surface area contributed by atoms with E-state index in [9.17, 15) is 28.8 Å². The fraction of sp³-hybridized carbons (Fsp3) is 0.441. The fourth-order valence-electron chi connectivity index (χ4n) is 4.33. The summed E-state index contributed by atoms with van der Waals surface area (Å²) >= 11 is 0. The van der Waals surface area contributed by atoms with Crippen molar-refractivity contribution in [2.75, 3.05) is 13.2 Å². The second-order valence-corrected chi connectivity index (χ2v) is 12.3. The summed E-state index contributed by atoms with van der Waals surface area (Å²) in [6.45, 7) is 6.28. The molecule has 0 aliphatic rings. The maximum atomic E-state index is 13.1. The monoisotopic (exact) mass is 723 g/mol. The highest BCUT2D eigenvalue weighted by Crippen LogP contribution is 2.19. The third kappa shape index (κ3) is 14.6. The molecule has 18 nitrogen and oxygen atoms in total. The Kier molecular flexibility index (Phi) is 17.5. The van der Waals surface area contributed by atoms with Crippen LogP contribution in [0.3, 0.4) is 0 Å². The van der Waals surface area contributed by atoms with Crippen molar-refractivity contribution in [3.63, 3.8) is 0 Å². The molecule has 0 aromatic heterocycles. The number of nitrogens with two attached hydrogens (primary N) is 3. The largest absolute Gasteiger partial charge is 0.394 e. The zero-order chi connectivity index (χ0) is 38.8. The lowest BCUT2D eigenvalue weighted by Crippen LogP contribution is -2.56. The van der Waals surface area contributed by atoms with E-state index in [-0.39, 0.29) is 37.3 Å². The van der Waals surface area contributed by atoms with E-state index >= 15 is 0 Å². The van der Waals surface area contributed by atoms with Crippen LogP contribution in [0.15, 0.2) is 63.8 Å². The number of aliphatic hydroxyl groups excluding tert-OH is 1. The number of benzene rings is 2. The number of amides is 5. The number of hydrogen-bond acceptors (Lipinski definition) is 11. The second kappa shape index (κ2) is 21.5. The Balaban J connectivity index is 1.94. The number of carbonyl (C=O) groups is 6. The number of nitrogens with one attached hydrogen (secondary N) is 5. The predicted octanol–water partition coefficient (Wildman–Crippen LogP) is -0.461. The molecule has 52 heavy (non-hydrogen) atoms.